The predicted molar refractivity (Wildman–Crippen MR) is 72.2 cm³/mol. The van der Waals surface area contributed by atoms with Gasteiger partial charge in [-0.05, 0) is 31.9 Å². The van der Waals surface area contributed by atoms with Gasteiger partial charge in [0.1, 0.15) is 6.10 Å². The van der Waals surface area contributed by atoms with Gasteiger partial charge in [-0.3, -0.25) is 9.59 Å². The number of benzene rings is 1. The average Bonchev–Trinajstić information content (AvgIpc) is 2.32. The van der Waals surface area contributed by atoms with E-state index in [0.29, 0.717) is 5.69 Å². The number of rotatable bonds is 6. The molecule has 104 valence electrons. The Morgan fingerprint density at radius 2 is 1.89 bits per heavy atom. The Morgan fingerprint density at radius 3 is 2.37 bits per heavy atom. The van der Waals surface area contributed by atoms with Gasteiger partial charge in [0.05, 0.1) is 6.42 Å². The summed E-state index contributed by atoms with van der Waals surface area (Å²) < 4.78 is 5.17. The zero-order valence-corrected chi connectivity index (χ0v) is 11.4. The highest BCUT2D eigenvalue weighted by atomic mass is 16.5. The summed E-state index contributed by atoms with van der Waals surface area (Å²) in [5.74, 6) is -1.49. The molecule has 5 nitrogen and oxygen atoms in total. The number of carboxylic acid groups (broad SMARTS) is 1. The van der Waals surface area contributed by atoms with Crippen LogP contribution in [0, 0.1) is 13.8 Å². The molecular formula is C14H19NO4. The minimum absolute atomic E-state index is 0.290. The number of carbonyl (C=O) groups excluding carboxylic acids is 1. The zero-order valence-electron chi connectivity index (χ0n) is 11.4. The molecule has 1 amide bonds. The number of para-hydroxylation sites is 1. The zero-order chi connectivity index (χ0) is 14.4. The maximum absolute atomic E-state index is 12.0. The van der Waals surface area contributed by atoms with E-state index in [0.717, 1.165) is 11.1 Å². The van der Waals surface area contributed by atoms with Crippen LogP contribution in [0.2, 0.25) is 0 Å². The minimum Gasteiger partial charge on any atom is -0.481 e. The molecule has 0 aromatic heterocycles. The number of amides is 1. The highest BCUT2D eigenvalue weighted by Gasteiger charge is 2.22. The fourth-order valence-electron chi connectivity index (χ4n) is 1.80. The molecule has 1 rings (SSSR count). The average molecular weight is 265 g/mol. The van der Waals surface area contributed by atoms with E-state index in [4.69, 9.17) is 9.84 Å². The molecule has 1 aromatic rings. The van der Waals surface area contributed by atoms with Crippen LogP contribution in [0.4, 0.5) is 5.69 Å². The summed E-state index contributed by atoms with van der Waals surface area (Å²) in [5.41, 5.74) is 2.57. The fourth-order valence-corrected chi connectivity index (χ4v) is 1.80. The van der Waals surface area contributed by atoms with Crippen LogP contribution >= 0.6 is 0 Å². The number of carbonyl (C=O) groups is 2. The van der Waals surface area contributed by atoms with Crippen molar-refractivity contribution in [3.63, 3.8) is 0 Å². The first-order valence-electron chi connectivity index (χ1n) is 6.16. The largest absolute Gasteiger partial charge is 0.481 e. The molecule has 0 aliphatic heterocycles. The van der Waals surface area contributed by atoms with Gasteiger partial charge in [-0.2, -0.15) is 0 Å². The SMILES string of the molecule is CCOC(CC(=O)O)C(=O)Nc1c(C)cccc1C. The maximum atomic E-state index is 12.0. The van der Waals surface area contributed by atoms with Crippen molar-refractivity contribution in [2.24, 2.45) is 0 Å². The van der Waals surface area contributed by atoms with Crippen LogP contribution < -0.4 is 5.32 Å². The normalized spacial score (nSPS) is 11.9. The van der Waals surface area contributed by atoms with Crippen molar-refractivity contribution in [3.05, 3.63) is 29.3 Å². The van der Waals surface area contributed by atoms with Gasteiger partial charge in [-0.15, -0.1) is 0 Å². The lowest BCUT2D eigenvalue weighted by atomic mass is 10.1. The number of aliphatic carboxylic acids is 1. The minimum atomic E-state index is -1.06. The van der Waals surface area contributed by atoms with Gasteiger partial charge in [0, 0.05) is 12.3 Å². The fraction of sp³-hybridized carbons (Fsp3) is 0.429. The van der Waals surface area contributed by atoms with E-state index in [1.54, 1.807) is 6.92 Å². The van der Waals surface area contributed by atoms with E-state index in [2.05, 4.69) is 5.32 Å². The molecular weight excluding hydrogens is 246 g/mol. The third kappa shape index (κ3) is 4.37. The van der Waals surface area contributed by atoms with Crippen LogP contribution in [0.3, 0.4) is 0 Å². The molecule has 1 atom stereocenters. The molecule has 0 bridgehead atoms. The summed E-state index contributed by atoms with van der Waals surface area (Å²) >= 11 is 0. The lowest BCUT2D eigenvalue weighted by Gasteiger charge is -2.17. The lowest BCUT2D eigenvalue weighted by molar-refractivity contribution is -0.144. The Bertz CT molecular complexity index is 450. The van der Waals surface area contributed by atoms with Crippen molar-refractivity contribution >= 4 is 17.6 Å². The third-order valence-corrected chi connectivity index (χ3v) is 2.75. The van der Waals surface area contributed by atoms with Gasteiger partial charge in [0.2, 0.25) is 0 Å². The predicted octanol–water partition coefficient (Wildman–Crippen LogP) is 2.12. The van der Waals surface area contributed by atoms with E-state index in [9.17, 15) is 9.59 Å². The number of nitrogens with one attached hydrogen (secondary N) is 1. The molecule has 5 heteroatoms. The lowest BCUT2D eigenvalue weighted by Crippen LogP contribution is -2.33. The molecule has 0 aliphatic rings. The molecule has 1 aromatic carbocycles. The smallest absolute Gasteiger partial charge is 0.306 e. The standard InChI is InChI=1S/C14H19NO4/c1-4-19-11(8-12(16)17)14(18)15-13-9(2)6-5-7-10(13)3/h5-7,11H,4,8H2,1-3H3,(H,15,18)(H,16,17). The van der Waals surface area contributed by atoms with Crippen LogP contribution in [0.15, 0.2) is 18.2 Å². The van der Waals surface area contributed by atoms with Gasteiger partial charge in [0.15, 0.2) is 0 Å². The number of hydrogen-bond acceptors (Lipinski definition) is 3. The van der Waals surface area contributed by atoms with Crippen LogP contribution in [0.25, 0.3) is 0 Å². The molecule has 0 heterocycles. The molecule has 2 N–H and O–H groups in total. The molecule has 19 heavy (non-hydrogen) atoms. The summed E-state index contributed by atoms with van der Waals surface area (Å²) in [7, 11) is 0. The van der Waals surface area contributed by atoms with Crippen LogP contribution in [-0.2, 0) is 14.3 Å². The summed E-state index contributed by atoms with van der Waals surface area (Å²) in [6, 6.07) is 5.67. The Labute approximate surface area is 112 Å². The first-order valence-corrected chi connectivity index (χ1v) is 6.16. The second kappa shape index (κ2) is 6.89. The second-order valence-corrected chi connectivity index (χ2v) is 4.30. The molecule has 0 saturated carbocycles. The van der Waals surface area contributed by atoms with Gasteiger partial charge >= 0.3 is 5.97 Å². The van der Waals surface area contributed by atoms with Crippen molar-refractivity contribution in [1.29, 1.82) is 0 Å². The summed E-state index contributed by atoms with van der Waals surface area (Å²) in [4.78, 5) is 22.8. The van der Waals surface area contributed by atoms with Crippen molar-refractivity contribution in [3.8, 4) is 0 Å². The van der Waals surface area contributed by atoms with Gasteiger partial charge in [-0.25, -0.2) is 0 Å². The number of aryl methyl sites for hydroxylation is 2. The van der Waals surface area contributed by atoms with Crippen molar-refractivity contribution in [2.45, 2.75) is 33.3 Å². The van der Waals surface area contributed by atoms with E-state index < -0.39 is 18.0 Å². The maximum Gasteiger partial charge on any atom is 0.306 e. The second-order valence-electron chi connectivity index (χ2n) is 4.30. The van der Waals surface area contributed by atoms with Crippen molar-refractivity contribution < 1.29 is 19.4 Å². The van der Waals surface area contributed by atoms with Crippen LogP contribution in [0.1, 0.15) is 24.5 Å². The van der Waals surface area contributed by atoms with Crippen LogP contribution in [0.5, 0.6) is 0 Å². The monoisotopic (exact) mass is 265 g/mol. The first-order chi connectivity index (χ1) is 8.95. The molecule has 0 aliphatic carbocycles. The topological polar surface area (TPSA) is 75.6 Å². The van der Waals surface area contributed by atoms with E-state index >= 15 is 0 Å². The van der Waals surface area contributed by atoms with Crippen molar-refractivity contribution in [1.82, 2.24) is 0 Å². The van der Waals surface area contributed by atoms with E-state index in [-0.39, 0.29) is 13.0 Å². The Hall–Kier alpha value is -1.88. The Morgan fingerprint density at radius 1 is 1.32 bits per heavy atom. The molecule has 0 radical (unpaired) electrons. The van der Waals surface area contributed by atoms with Crippen molar-refractivity contribution in [2.75, 3.05) is 11.9 Å². The quantitative estimate of drug-likeness (QED) is 0.826. The Kier molecular flexibility index (Phi) is 5.51. The highest BCUT2D eigenvalue weighted by Crippen LogP contribution is 2.20. The van der Waals surface area contributed by atoms with Gasteiger partial charge in [0.25, 0.3) is 5.91 Å². The number of anilines is 1. The molecule has 1 unspecified atom stereocenters. The summed E-state index contributed by atoms with van der Waals surface area (Å²) in [6.45, 7) is 5.78. The Balaban J connectivity index is 2.84. The highest BCUT2D eigenvalue weighted by molar-refractivity contribution is 5.97. The number of hydrogen-bond donors (Lipinski definition) is 2. The number of ether oxygens (including phenoxy) is 1. The van der Waals surface area contributed by atoms with Gasteiger partial charge < -0.3 is 15.2 Å². The first kappa shape index (κ1) is 15.2. The van der Waals surface area contributed by atoms with Crippen LogP contribution in [-0.4, -0.2) is 29.7 Å². The van der Waals surface area contributed by atoms with Gasteiger partial charge in [-0.1, -0.05) is 18.2 Å². The van der Waals surface area contributed by atoms with E-state index in [1.807, 2.05) is 32.0 Å². The summed E-state index contributed by atoms with van der Waals surface area (Å²) in [6.07, 6.45) is -1.31. The third-order valence-electron chi connectivity index (χ3n) is 2.75. The summed E-state index contributed by atoms with van der Waals surface area (Å²) in [5, 5.41) is 11.5. The molecule has 0 fully saturated rings. The molecule has 0 saturated heterocycles. The van der Waals surface area contributed by atoms with E-state index in [1.165, 1.54) is 0 Å². The number of carboxylic acids is 1. The molecule has 0 spiro atoms.